The van der Waals surface area contributed by atoms with E-state index in [1.165, 1.54) is 0 Å². The van der Waals surface area contributed by atoms with E-state index in [9.17, 15) is 0 Å². The highest BCUT2D eigenvalue weighted by molar-refractivity contribution is 6.28. The first-order valence-electron chi connectivity index (χ1n) is 5.59. The van der Waals surface area contributed by atoms with E-state index in [0.717, 1.165) is 24.0 Å². The molecule has 0 fully saturated rings. The molecule has 1 atom stereocenters. The Labute approximate surface area is 105 Å². The smallest absolute Gasteiger partial charge is 0.224 e. The molecular weight excluding hydrogens is 236 g/mol. The lowest BCUT2D eigenvalue weighted by molar-refractivity contribution is 0.445. The maximum Gasteiger partial charge on any atom is 0.224 e. The summed E-state index contributed by atoms with van der Waals surface area (Å²) in [5.41, 5.74) is 0.835. The Morgan fingerprint density at radius 2 is 2.41 bits per heavy atom. The van der Waals surface area contributed by atoms with Crippen molar-refractivity contribution in [3.63, 3.8) is 0 Å². The van der Waals surface area contributed by atoms with E-state index in [-0.39, 0.29) is 5.28 Å². The first-order valence-corrected chi connectivity index (χ1v) is 5.96. The van der Waals surface area contributed by atoms with Gasteiger partial charge in [-0.2, -0.15) is 10.2 Å². The van der Waals surface area contributed by atoms with Crippen molar-refractivity contribution in [2.75, 3.05) is 0 Å². The molecule has 5 heteroatoms. The second kappa shape index (κ2) is 5.15. The highest BCUT2D eigenvalue weighted by atomic mass is 35.5. The van der Waals surface area contributed by atoms with Crippen molar-refractivity contribution in [2.24, 2.45) is 5.92 Å². The zero-order valence-corrected chi connectivity index (χ0v) is 10.4. The second-order valence-corrected chi connectivity index (χ2v) is 4.36. The fraction of sp³-hybridized carbons (Fsp3) is 0.417. The SMILES string of the molecule is CCC(CC#N)Cn1ccc2cnc(Cl)nc21. The predicted octanol–water partition coefficient (Wildman–Crippen LogP) is 3.02. The van der Waals surface area contributed by atoms with Crippen molar-refractivity contribution in [3.05, 3.63) is 23.7 Å². The standard InChI is InChI=1S/C12H13ClN4/c1-2-9(3-5-14)8-17-6-4-10-7-15-12(13)16-11(10)17/h4,6-7,9H,2-3,8H2,1H3. The van der Waals surface area contributed by atoms with Crippen molar-refractivity contribution in [3.8, 4) is 6.07 Å². The van der Waals surface area contributed by atoms with Gasteiger partial charge >= 0.3 is 0 Å². The average molecular weight is 249 g/mol. The van der Waals surface area contributed by atoms with Gasteiger partial charge in [-0.15, -0.1) is 0 Å². The molecular formula is C12H13ClN4. The van der Waals surface area contributed by atoms with Crippen molar-refractivity contribution in [1.82, 2.24) is 14.5 Å². The molecule has 17 heavy (non-hydrogen) atoms. The van der Waals surface area contributed by atoms with Gasteiger partial charge < -0.3 is 4.57 Å². The molecule has 0 amide bonds. The molecule has 2 rings (SSSR count). The molecule has 88 valence electrons. The van der Waals surface area contributed by atoms with Crippen LogP contribution in [0.4, 0.5) is 0 Å². The lowest BCUT2D eigenvalue weighted by Gasteiger charge is -2.12. The van der Waals surface area contributed by atoms with Gasteiger partial charge in [-0.1, -0.05) is 13.3 Å². The Bertz CT molecular complexity index is 555. The first-order chi connectivity index (χ1) is 8.24. The normalized spacial score (nSPS) is 12.5. The van der Waals surface area contributed by atoms with E-state index in [1.807, 2.05) is 16.8 Å². The molecule has 0 radical (unpaired) electrons. The van der Waals surface area contributed by atoms with Crippen LogP contribution in [0.5, 0.6) is 0 Å². The predicted molar refractivity (Wildman–Crippen MR) is 66.5 cm³/mol. The molecule has 4 nitrogen and oxygen atoms in total. The van der Waals surface area contributed by atoms with E-state index < -0.39 is 0 Å². The molecule has 2 heterocycles. The van der Waals surface area contributed by atoms with Crippen LogP contribution in [0, 0.1) is 17.2 Å². The Morgan fingerprint density at radius 3 is 3.12 bits per heavy atom. The minimum atomic E-state index is 0.255. The molecule has 0 saturated heterocycles. The van der Waals surface area contributed by atoms with Gasteiger partial charge in [-0.25, -0.2) is 4.98 Å². The molecule has 0 aliphatic carbocycles. The lowest BCUT2D eigenvalue weighted by atomic mass is 10.0. The summed E-state index contributed by atoms with van der Waals surface area (Å²) in [6, 6.07) is 4.18. The molecule has 0 saturated carbocycles. The molecule has 0 aliphatic heterocycles. The minimum absolute atomic E-state index is 0.255. The molecule has 1 unspecified atom stereocenters. The zero-order valence-electron chi connectivity index (χ0n) is 9.60. The van der Waals surface area contributed by atoms with Gasteiger partial charge in [0.15, 0.2) is 0 Å². The number of nitriles is 1. The second-order valence-electron chi connectivity index (χ2n) is 4.02. The number of nitrogens with zero attached hydrogens (tertiary/aromatic N) is 4. The van der Waals surface area contributed by atoms with Gasteiger partial charge in [0, 0.05) is 30.7 Å². The van der Waals surface area contributed by atoms with E-state index in [0.29, 0.717) is 12.3 Å². The number of hydrogen-bond acceptors (Lipinski definition) is 3. The van der Waals surface area contributed by atoms with E-state index in [2.05, 4.69) is 23.0 Å². The Kier molecular flexibility index (Phi) is 3.60. The summed E-state index contributed by atoms with van der Waals surface area (Å²) < 4.78 is 2.04. The van der Waals surface area contributed by atoms with Crippen LogP contribution in [0.25, 0.3) is 11.0 Å². The van der Waals surface area contributed by atoms with Gasteiger partial charge in [0.25, 0.3) is 0 Å². The number of halogens is 1. The molecule has 0 aliphatic rings. The maximum absolute atomic E-state index is 8.75. The third-order valence-corrected chi connectivity index (χ3v) is 3.07. The Hall–Kier alpha value is -1.60. The summed E-state index contributed by atoms with van der Waals surface area (Å²) in [5, 5.41) is 9.98. The van der Waals surface area contributed by atoms with Crippen molar-refractivity contribution in [1.29, 1.82) is 5.26 Å². The van der Waals surface area contributed by atoms with Crippen LogP contribution < -0.4 is 0 Å². The average Bonchev–Trinajstić information content (AvgIpc) is 2.71. The molecule has 0 aromatic carbocycles. The summed E-state index contributed by atoms with van der Waals surface area (Å²) in [6.45, 7) is 2.89. The maximum atomic E-state index is 8.75. The highest BCUT2D eigenvalue weighted by Crippen LogP contribution is 2.18. The van der Waals surface area contributed by atoms with Crippen LogP contribution in [0.1, 0.15) is 19.8 Å². The van der Waals surface area contributed by atoms with Crippen LogP contribution in [0.2, 0.25) is 5.28 Å². The number of fused-ring (bicyclic) bond motifs is 1. The summed E-state index contributed by atoms with van der Waals surface area (Å²) in [7, 11) is 0. The highest BCUT2D eigenvalue weighted by Gasteiger charge is 2.10. The topological polar surface area (TPSA) is 54.5 Å². The van der Waals surface area contributed by atoms with Gasteiger partial charge in [0.1, 0.15) is 5.65 Å². The third kappa shape index (κ3) is 2.56. The number of rotatable bonds is 4. The quantitative estimate of drug-likeness (QED) is 0.782. The molecule has 0 bridgehead atoms. The first kappa shape index (κ1) is 11.9. The Balaban J connectivity index is 2.29. The fourth-order valence-electron chi connectivity index (χ4n) is 1.84. The Morgan fingerprint density at radius 1 is 1.59 bits per heavy atom. The van der Waals surface area contributed by atoms with Gasteiger partial charge in [0.05, 0.1) is 6.07 Å². The largest absolute Gasteiger partial charge is 0.332 e. The van der Waals surface area contributed by atoms with Gasteiger partial charge in [-0.05, 0) is 23.6 Å². The number of hydrogen-bond donors (Lipinski definition) is 0. The van der Waals surface area contributed by atoms with Crippen LogP contribution in [-0.4, -0.2) is 14.5 Å². The summed E-state index contributed by atoms with van der Waals surface area (Å²) in [5.74, 6) is 0.351. The van der Waals surface area contributed by atoms with E-state index in [4.69, 9.17) is 16.9 Å². The van der Waals surface area contributed by atoms with Crippen molar-refractivity contribution >= 4 is 22.6 Å². The third-order valence-electron chi connectivity index (χ3n) is 2.88. The molecule has 2 aromatic heterocycles. The molecule has 2 aromatic rings. The summed E-state index contributed by atoms with van der Waals surface area (Å²) in [6.07, 6.45) is 5.23. The van der Waals surface area contributed by atoms with Crippen molar-refractivity contribution in [2.45, 2.75) is 26.3 Å². The minimum Gasteiger partial charge on any atom is -0.332 e. The number of aromatic nitrogens is 3. The molecule has 0 N–H and O–H groups in total. The lowest BCUT2D eigenvalue weighted by Crippen LogP contribution is -2.09. The van der Waals surface area contributed by atoms with Crippen LogP contribution in [0.3, 0.4) is 0 Å². The molecule has 0 spiro atoms. The summed E-state index contributed by atoms with van der Waals surface area (Å²) >= 11 is 5.79. The van der Waals surface area contributed by atoms with Crippen LogP contribution in [-0.2, 0) is 6.54 Å². The van der Waals surface area contributed by atoms with Crippen molar-refractivity contribution < 1.29 is 0 Å². The monoisotopic (exact) mass is 248 g/mol. The van der Waals surface area contributed by atoms with Crippen LogP contribution >= 0.6 is 11.6 Å². The fourth-order valence-corrected chi connectivity index (χ4v) is 1.97. The van der Waals surface area contributed by atoms with Crippen LogP contribution in [0.15, 0.2) is 18.5 Å². The zero-order chi connectivity index (χ0) is 12.3. The van der Waals surface area contributed by atoms with Gasteiger partial charge in [-0.3, -0.25) is 0 Å². The van der Waals surface area contributed by atoms with Gasteiger partial charge in [0.2, 0.25) is 5.28 Å². The van der Waals surface area contributed by atoms with E-state index >= 15 is 0 Å². The summed E-state index contributed by atoms with van der Waals surface area (Å²) in [4.78, 5) is 8.16. The van der Waals surface area contributed by atoms with E-state index in [1.54, 1.807) is 6.20 Å².